The van der Waals surface area contributed by atoms with E-state index in [0.29, 0.717) is 21.9 Å². The normalized spacial score (nSPS) is 20.6. The maximum Gasteiger partial charge on any atom is 0.309 e. The second-order valence-corrected chi connectivity index (χ2v) is 7.23. The number of unbranched alkanes of at least 4 members (excludes halogenated alkanes) is 3. The minimum absolute atomic E-state index is 0.0147. The molecular formula is C17H26N2O2S2. The summed E-state index contributed by atoms with van der Waals surface area (Å²) in [6.45, 7) is 3.60. The van der Waals surface area contributed by atoms with E-state index in [9.17, 15) is 4.79 Å². The maximum atomic E-state index is 11.9. The van der Waals surface area contributed by atoms with Crippen LogP contribution in [0.3, 0.4) is 0 Å². The lowest BCUT2D eigenvalue weighted by atomic mass is 9.99. The second kappa shape index (κ2) is 9.33. The van der Waals surface area contributed by atoms with Crippen molar-refractivity contribution in [3.05, 3.63) is 21.7 Å². The number of nitrogens with zero attached hydrogens (tertiary/aromatic N) is 1. The highest BCUT2D eigenvalue weighted by Gasteiger charge is 2.30. The van der Waals surface area contributed by atoms with E-state index >= 15 is 0 Å². The Morgan fingerprint density at radius 2 is 2.09 bits per heavy atom. The molecular weight excluding hydrogens is 328 g/mol. The molecule has 0 aromatic carbocycles. The third-order valence-corrected chi connectivity index (χ3v) is 5.17. The average molecular weight is 355 g/mol. The molecule has 1 saturated carbocycles. The number of aryl methyl sites for hydroxylation is 1. The summed E-state index contributed by atoms with van der Waals surface area (Å²) in [5, 5.41) is 0. The summed E-state index contributed by atoms with van der Waals surface area (Å²) in [4.78, 5) is 14.9. The molecule has 1 aliphatic carbocycles. The molecule has 2 rings (SSSR count). The van der Waals surface area contributed by atoms with E-state index < -0.39 is 0 Å². The number of ether oxygens (including phenoxy) is 1. The van der Waals surface area contributed by atoms with Gasteiger partial charge >= 0.3 is 5.97 Å². The minimum Gasteiger partial charge on any atom is -0.465 e. The molecule has 1 N–H and O–H groups in total. The summed E-state index contributed by atoms with van der Waals surface area (Å²) in [7, 11) is 0. The van der Waals surface area contributed by atoms with E-state index in [0.717, 1.165) is 51.5 Å². The SMILES string of the molecule is CC1CCCC1C(=O)OCCCCCCn1ccc(=S)[nH]c1=S. The third-order valence-electron chi connectivity index (χ3n) is 4.60. The maximum absolute atomic E-state index is 11.9. The topological polar surface area (TPSA) is 47.0 Å². The van der Waals surface area contributed by atoms with E-state index in [1.165, 1.54) is 0 Å². The molecule has 0 spiro atoms. The van der Waals surface area contributed by atoms with Crippen LogP contribution in [0.15, 0.2) is 12.3 Å². The molecule has 1 heterocycles. The standard InChI is InChI=1S/C17H26N2O2S2/c1-13-7-6-8-14(13)16(20)21-12-5-3-2-4-10-19-11-9-15(22)18-17(19)23/h9,11,13-14H,2-8,10,12H2,1H3,(H,18,22,23). The molecule has 0 aliphatic heterocycles. The van der Waals surface area contributed by atoms with E-state index in [1.54, 1.807) is 0 Å². The molecule has 23 heavy (non-hydrogen) atoms. The molecule has 1 aliphatic rings. The molecule has 1 aromatic rings. The zero-order chi connectivity index (χ0) is 16.7. The van der Waals surface area contributed by atoms with Crippen LogP contribution in [0.1, 0.15) is 51.9 Å². The van der Waals surface area contributed by atoms with Crippen molar-refractivity contribution in [1.82, 2.24) is 9.55 Å². The number of hydrogen-bond acceptors (Lipinski definition) is 4. The van der Waals surface area contributed by atoms with Crippen LogP contribution < -0.4 is 0 Å². The van der Waals surface area contributed by atoms with Gasteiger partial charge in [0.05, 0.1) is 12.5 Å². The largest absolute Gasteiger partial charge is 0.465 e. The first kappa shape index (κ1) is 18.3. The summed E-state index contributed by atoms with van der Waals surface area (Å²) in [5.41, 5.74) is 0. The molecule has 1 aromatic heterocycles. The van der Waals surface area contributed by atoms with Gasteiger partial charge < -0.3 is 14.3 Å². The van der Waals surface area contributed by atoms with Crippen molar-refractivity contribution >= 4 is 30.4 Å². The van der Waals surface area contributed by atoms with E-state index in [4.69, 9.17) is 29.2 Å². The zero-order valence-electron chi connectivity index (χ0n) is 13.8. The van der Waals surface area contributed by atoms with Crippen molar-refractivity contribution in [3.63, 3.8) is 0 Å². The van der Waals surface area contributed by atoms with Gasteiger partial charge in [-0.3, -0.25) is 4.79 Å². The van der Waals surface area contributed by atoms with E-state index in [2.05, 4.69) is 11.9 Å². The highest BCUT2D eigenvalue weighted by atomic mass is 32.1. The number of carbonyl (C=O) groups excluding carboxylic acids is 1. The summed E-state index contributed by atoms with van der Waals surface area (Å²) < 4.78 is 8.77. The Balaban J connectivity index is 1.55. The molecule has 1 fully saturated rings. The lowest BCUT2D eigenvalue weighted by Crippen LogP contribution is -2.20. The summed E-state index contributed by atoms with van der Waals surface area (Å²) in [6.07, 6.45) is 9.44. The van der Waals surface area contributed by atoms with Crippen molar-refractivity contribution in [2.45, 2.75) is 58.4 Å². The molecule has 128 valence electrons. The van der Waals surface area contributed by atoms with Gasteiger partial charge in [0.25, 0.3) is 0 Å². The fourth-order valence-electron chi connectivity index (χ4n) is 3.13. The van der Waals surface area contributed by atoms with Gasteiger partial charge in [-0.2, -0.15) is 0 Å². The number of aromatic amines is 1. The van der Waals surface area contributed by atoms with Gasteiger partial charge in [0.2, 0.25) is 0 Å². The Kier molecular flexibility index (Phi) is 7.43. The number of aromatic nitrogens is 2. The van der Waals surface area contributed by atoms with Gasteiger partial charge in [0, 0.05) is 12.7 Å². The molecule has 0 saturated heterocycles. The van der Waals surface area contributed by atoms with Crippen molar-refractivity contribution in [2.24, 2.45) is 11.8 Å². The predicted octanol–water partition coefficient (Wildman–Crippen LogP) is 4.81. The Labute approximate surface area is 148 Å². The molecule has 0 radical (unpaired) electrons. The van der Waals surface area contributed by atoms with Crippen LogP contribution in [0.2, 0.25) is 0 Å². The lowest BCUT2D eigenvalue weighted by molar-refractivity contribution is -0.149. The molecule has 4 nitrogen and oxygen atoms in total. The molecule has 2 atom stereocenters. The highest BCUT2D eigenvalue weighted by Crippen LogP contribution is 2.31. The van der Waals surface area contributed by atoms with E-state index in [-0.39, 0.29) is 11.9 Å². The molecule has 6 heteroatoms. The number of carbonyl (C=O) groups is 1. The summed E-state index contributed by atoms with van der Waals surface area (Å²) in [5.74, 6) is 0.645. The number of hydrogen-bond donors (Lipinski definition) is 1. The first-order valence-electron chi connectivity index (χ1n) is 8.54. The first-order chi connectivity index (χ1) is 11.1. The zero-order valence-corrected chi connectivity index (χ0v) is 15.4. The van der Waals surface area contributed by atoms with Gasteiger partial charge in [0.1, 0.15) is 4.64 Å². The smallest absolute Gasteiger partial charge is 0.309 e. The van der Waals surface area contributed by atoms with Gasteiger partial charge in [-0.25, -0.2) is 0 Å². The Morgan fingerprint density at radius 3 is 2.78 bits per heavy atom. The Bertz CT molecular complexity index is 624. The lowest BCUT2D eigenvalue weighted by Gasteiger charge is -2.14. The predicted molar refractivity (Wildman–Crippen MR) is 96.4 cm³/mol. The summed E-state index contributed by atoms with van der Waals surface area (Å²) in [6, 6.07) is 1.86. The summed E-state index contributed by atoms with van der Waals surface area (Å²) >= 11 is 10.3. The van der Waals surface area contributed by atoms with Crippen LogP contribution in [0.25, 0.3) is 0 Å². The first-order valence-corrected chi connectivity index (χ1v) is 9.36. The van der Waals surface area contributed by atoms with Crippen LogP contribution in [0, 0.1) is 21.2 Å². The fourth-order valence-corrected chi connectivity index (χ4v) is 3.62. The average Bonchev–Trinajstić information content (AvgIpc) is 2.94. The van der Waals surface area contributed by atoms with Crippen LogP contribution in [-0.4, -0.2) is 22.1 Å². The number of rotatable bonds is 8. The number of nitrogens with one attached hydrogen (secondary N) is 1. The monoisotopic (exact) mass is 354 g/mol. The molecule has 0 bridgehead atoms. The quantitative estimate of drug-likeness (QED) is 0.413. The third kappa shape index (κ3) is 5.84. The second-order valence-electron chi connectivity index (χ2n) is 6.40. The van der Waals surface area contributed by atoms with Crippen molar-refractivity contribution < 1.29 is 9.53 Å². The number of esters is 1. The Hall–Kier alpha value is -1.01. The van der Waals surface area contributed by atoms with Crippen LogP contribution in [0.4, 0.5) is 0 Å². The van der Waals surface area contributed by atoms with Crippen LogP contribution in [-0.2, 0) is 16.1 Å². The van der Waals surface area contributed by atoms with Crippen molar-refractivity contribution in [2.75, 3.05) is 6.61 Å². The molecule has 2 unspecified atom stereocenters. The Morgan fingerprint density at radius 1 is 1.30 bits per heavy atom. The molecule has 0 amide bonds. The van der Waals surface area contributed by atoms with Gasteiger partial charge in [-0.05, 0) is 56.3 Å². The fraction of sp³-hybridized carbons (Fsp3) is 0.706. The van der Waals surface area contributed by atoms with Gasteiger partial charge in [-0.15, -0.1) is 0 Å². The van der Waals surface area contributed by atoms with Crippen molar-refractivity contribution in [1.29, 1.82) is 0 Å². The van der Waals surface area contributed by atoms with Gasteiger partial charge in [-0.1, -0.05) is 32.0 Å². The van der Waals surface area contributed by atoms with Crippen LogP contribution in [0.5, 0.6) is 0 Å². The van der Waals surface area contributed by atoms with E-state index in [1.807, 2.05) is 16.8 Å². The minimum atomic E-state index is 0.0147. The van der Waals surface area contributed by atoms with Gasteiger partial charge in [0.15, 0.2) is 4.77 Å². The highest BCUT2D eigenvalue weighted by molar-refractivity contribution is 7.72. The van der Waals surface area contributed by atoms with Crippen LogP contribution >= 0.6 is 24.4 Å². The number of H-pyrrole nitrogens is 1. The van der Waals surface area contributed by atoms with Crippen molar-refractivity contribution in [3.8, 4) is 0 Å².